The third kappa shape index (κ3) is 4.33. The number of benzene rings is 1. The number of carbonyl (C=O) groups excluding carboxylic acids is 1. The maximum Gasteiger partial charge on any atom is 0.349 e. The number of carbonyl (C=O) groups is 1. The van der Waals surface area contributed by atoms with Gasteiger partial charge in [-0.15, -0.1) is 0 Å². The number of hydrogen-bond donors (Lipinski definition) is 0. The Hall–Kier alpha value is -1.03. The van der Waals surface area contributed by atoms with Gasteiger partial charge in [0.05, 0.1) is 6.61 Å². The Bertz CT molecular complexity index is 385. The fraction of sp³-hybridized carbons (Fsp3) is 0.500. The lowest BCUT2D eigenvalue weighted by Gasteiger charge is -2.24. The van der Waals surface area contributed by atoms with Crippen LogP contribution in [0.3, 0.4) is 0 Å². The van der Waals surface area contributed by atoms with Crippen molar-refractivity contribution < 1.29 is 14.3 Å². The molecule has 0 aromatic heterocycles. The predicted octanol–water partition coefficient (Wildman–Crippen LogP) is 3.34. The highest BCUT2D eigenvalue weighted by Crippen LogP contribution is 2.20. The van der Waals surface area contributed by atoms with E-state index in [1.807, 2.05) is 24.3 Å². The van der Waals surface area contributed by atoms with Gasteiger partial charge in [-0.1, -0.05) is 28.1 Å². The average Bonchev–Trinajstić information content (AvgIpc) is 2.32. The normalized spacial score (nSPS) is 11.1. The maximum absolute atomic E-state index is 11.7. The van der Waals surface area contributed by atoms with Gasteiger partial charge in [-0.25, -0.2) is 4.79 Å². The molecule has 0 unspecified atom stereocenters. The molecular formula is C14H19BrO3. The molecule has 0 spiro atoms. The van der Waals surface area contributed by atoms with Crippen molar-refractivity contribution in [3.63, 3.8) is 0 Å². The van der Waals surface area contributed by atoms with Gasteiger partial charge in [0.1, 0.15) is 5.75 Å². The maximum atomic E-state index is 11.7. The molecule has 1 aromatic rings. The lowest BCUT2D eigenvalue weighted by Crippen LogP contribution is -2.39. The number of halogens is 1. The van der Waals surface area contributed by atoms with E-state index in [9.17, 15) is 4.79 Å². The fourth-order valence-electron chi connectivity index (χ4n) is 1.47. The second kappa shape index (κ2) is 6.78. The Morgan fingerprint density at radius 2 is 1.89 bits per heavy atom. The first-order valence-electron chi connectivity index (χ1n) is 6.00. The molecule has 0 atom stereocenters. The van der Waals surface area contributed by atoms with Crippen LogP contribution in [0, 0.1) is 0 Å². The van der Waals surface area contributed by atoms with E-state index in [1.54, 1.807) is 20.8 Å². The SMILES string of the molecule is CCOC(=O)C(C)(C)Oc1ccc(CCBr)cc1. The summed E-state index contributed by atoms with van der Waals surface area (Å²) >= 11 is 3.40. The van der Waals surface area contributed by atoms with Crippen molar-refractivity contribution >= 4 is 21.9 Å². The second-order valence-corrected chi connectivity index (χ2v) is 5.21. The van der Waals surface area contributed by atoms with Gasteiger partial charge in [-0.3, -0.25) is 0 Å². The predicted molar refractivity (Wildman–Crippen MR) is 75.3 cm³/mol. The number of hydrogen-bond acceptors (Lipinski definition) is 3. The number of aryl methyl sites for hydroxylation is 1. The first kappa shape index (κ1) is 15.0. The summed E-state index contributed by atoms with van der Waals surface area (Å²) in [6.45, 7) is 5.55. The molecule has 0 saturated carbocycles. The summed E-state index contributed by atoms with van der Waals surface area (Å²) in [5.74, 6) is 0.320. The van der Waals surface area contributed by atoms with Crippen LogP contribution in [0.25, 0.3) is 0 Å². The topological polar surface area (TPSA) is 35.5 Å². The van der Waals surface area contributed by atoms with Crippen LogP contribution in [0.2, 0.25) is 0 Å². The summed E-state index contributed by atoms with van der Waals surface area (Å²) in [4.78, 5) is 11.7. The first-order chi connectivity index (χ1) is 8.49. The fourth-order valence-corrected chi connectivity index (χ4v) is 1.93. The minimum Gasteiger partial charge on any atom is -0.476 e. The number of rotatable bonds is 6. The van der Waals surface area contributed by atoms with Gasteiger partial charge >= 0.3 is 5.97 Å². The van der Waals surface area contributed by atoms with E-state index in [0.29, 0.717) is 12.4 Å². The molecule has 0 fully saturated rings. The standard InChI is InChI=1S/C14H19BrO3/c1-4-17-13(16)14(2,3)18-12-7-5-11(6-8-12)9-10-15/h5-8H,4,9-10H2,1-3H3. The Balaban J connectivity index is 2.68. The molecule has 0 radical (unpaired) electrons. The van der Waals surface area contributed by atoms with Crippen molar-refractivity contribution in [2.45, 2.75) is 32.8 Å². The van der Waals surface area contributed by atoms with Crippen LogP contribution < -0.4 is 4.74 Å². The molecule has 3 nitrogen and oxygen atoms in total. The van der Waals surface area contributed by atoms with Crippen molar-refractivity contribution in [1.29, 1.82) is 0 Å². The van der Waals surface area contributed by atoms with Crippen LogP contribution in [0.15, 0.2) is 24.3 Å². The van der Waals surface area contributed by atoms with Gasteiger partial charge < -0.3 is 9.47 Å². The zero-order valence-corrected chi connectivity index (χ0v) is 12.6. The first-order valence-corrected chi connectivity index (χ1v) is 7.13. The molecule has 18 heavy (non-hydrogen) atoms. The van der Waals surface area contributed by atoms with Gasteiger partial charge in [0.25, 0.3) is 0 Å². The second-order valence-electron chi connectivity index (χ2n) is 4.42. The summed E-state index contributed by atoms with van der Waals surface area (Å²) in [7, 11) is 0. The van der Waals surface area contributed by atoms with Crippen molar-refractivity contribution in [2.24, 2.45) is 0 Å². The van der Waals surface area contributed by atoms with Crippen LogP contribution >= 0.6 is 15.9 Å². The van der Waals surface area contributed by atoms with Gasteiger partial charge in [-0.2, -0.15) is 0 Å². The summed E-state index contributed by atoms with van der Waals surface area (Å²) < 4.78 is 10.6. The monoisotopic (exact) mass is 314 g/mol. The molecule has 0 aliphatic carbocycles. The molecule has 0 bridgehead atoms. The minimum absolute atomic E-state index is 0.352. The molecule has 1 rings (SSSR count). The lowest BCUT2D eigenvalue weighted by atomic mass is 10.1. The van der Waals surface area contributed by atoms with E-state index in [-0.39, 0.29) is 5.97 Å². The van der Waals surface area contributed by atoms with Gasteiger partial charge in [0.15, 0.2) is 5.60 Å². The largest absolute Gasteiger partial charge is 0.476 e. The quantitative estimate of drug-likeness (QED) is 0.596. The molecule has 4 heteroatoms. The van der Waals surface area contributed by atoms with E-state index in [2.05, 4.69) is 15.9 Å². The highest BCUT2D eigenvalue weighted by molar-refractivity contribution is 9.09. The number of ether oxygens (including phenoxy) is 2. The van der Waals surface area contributed by atoms with E-state index in [4.69, 9.17) is 9.47 Å². The van der Waals surface area contributed by atoms with Gasteiger partial charge in [0, 0.05) is 5.33 Å². The van der Waals surface area contributed by atoms with Crippen LogP contribution in [0.1, 0.15) is 26.3 Å². The van der Waals surface area contributed by atoms with Gasteiger partial charge in [-0.05, 0) is 44.9 Å². The molecule has 0 aliphatic rings. The summed E-state index contributed by atoms with van der Waals surface area (Å²) in [6, 6.07) is 7.74. The van der Waals surface area contributed by atoms with E-state index >= 15 is 0 Å². The molecule has 1 aromatic carbocycles. The Kier molecular flexibility index (Phi) is 5.66. The van der Waals surface area contributed by atoms with Crippen molar-refractivity contribution in [2.75, 3.05) is 11.9 Å². The third-order valence-electron chi connectivity index (χ3n) is 2.45. The summed E-state index contributed by atoms with van der Waals surface area (Å²) in [5, 5.41) is 0.932. The third-order valence-corrected chi connectivity index (χ3v) is 2.84. The number of esters is 1. The van der Waals surface area contributed by atoms with Crippen LogP contribution in [0.5, 0.6) is 5.75 Å². The van der Waals surface area contributed by atoms with Gasteiger partial charge in [0.2, 0.25) is 0 Å². The molecule has 0 aliphatic heterocycles. The van der Waals surface area contributed by atoms with E-state index < -0.39 is 5.60 Å². The zero-order valence-electron chi connectivity index (χ0n) is 11.0. The summed E-state index contributed by atoms with van der Waals surface area (Å²) in [5.41, 5.74) is 0.264. The minimum atomic E-state index is -0.965. The van der Waals surface area contributed by atoms with Crippen molar-refractivity contribution in [3.05, 3.63) is 29.8 Å². The van der Waals surface area contributed by atoms with E-state index in [0.717, 1.165) is 11.8 Å². The Labute approximate surface area is 117 Å². The number of alkyl halides is 1. The van der Waals surface area contributed by atoms with Crippen LogP contribution in [0.4, 0.5) is 0 Å². The van der Waals surface area contributed by atoms with Crippen LogP contribution in [-0.2, 0) is 16.0 Å². The molecule has 100 valence electrons. The molecular weight excluding hydrogens is 296 g/mol. The molecule has 0 N–H and O–H groups in total. The highest BCUT2D eigenvalue weighted by Gasteiger charge is 2.31. The van der Waals surface area contributed by atoms with E-state index in [1.165, 1.54) is 5.56 Å². The summed E-state index contributed by atoms with van der Waals surface area (Å²) in [6.07, 6.45) is 0.974. The van der Waals surface area contributed by atoms with Crippen molar-refractivity contribution in [3.8, 4) is 5.75 Å². The molecule has 0 saturated heterocycles. The highest BCUT2D eigenvalue weighted by atomic mass is 79.9. The molecule has 0 amide bonds. The average molecular weight is 315 g/mol. The Morgan fingerprint density at radius 3 is 2.39 bits per heavy atom. The lowest BCUT2D eigenvalue weighted by molar-refractivity contribution is -0.158. The zero-order chi connectivity index (χ0) is 13.6. The Morgan fingerprint density at radius 1 is 1.28 bits per heavy atom. The molecule has 0 heterocycles. The van der Waals surface area contributed by atoms with Crippen LogP contribution in [-0.4, -0.2) is 23.5 Å². The van der Waals surface area contributed by atoms with Crippen molar-refractivity contribution in [1.82, 2.24) is 0 Å². The smallest absolute Gasteiger partial charge is 0.349 e.